The van der Waals surface area contributed by atoms with Crippen molar-refractivity contribution in [2.45, 2.75) is 19.7 Å². The highest BCUT2D eigenvalue weighted by molar-refractivity contribution is 5.67. The summed E-state index contributed by atoms with van der Waals surface area (Å²) in [6.45, 7) is 2.04. The molecule has 1 nitrogen and oxygen atoms in total. The molecule has 0 spiro atoms. The van der Waals surface area contributed by atoms with Crippen LogP contribution in [0.1, 0.15) is 12.5 Å². The third kappa shape index (κ3) is 3.50. The molecule has 0 bridgehead atoms. The van der Waals surface area contributed by atoms with E-state index in [1.54, 1.807) is 12.1 Å². The molecular weight excluding hydrogens is 253 g/mol. The van der Waals surface area contributed by atoms with E-state index in [0.717, 1.165) is 23.1 Å². The van der Waals surface area contributed by atoms with Gasteiger partial charge in [0.1, 0.15) is 5.75 Å². The summed E-state index contributed by atoms with van der Waals surface area (Å²) >= 11 is 0. The van der Waals surface area contributed by atoms with Crippen LogP contribution in [0.2, 0.25) is 0 Å². The molecule has 0 unspecified atom stereocenters. The predicted octanol–water partition coefficient (Wildman–Crippen LogP) is 4.81. The average Bonchev–Trinajstić information content (AvgIpc) is 2.38. The number of hydrogen-bond donors (Lipinski definition) is 0. The summed E-state index contributed by atoms with van der Waals surface area (Å²) < 4.78 is 40.0. The Morgan fingerprint density at radius 1 is 0.947 bits per heavy atom. The van der Waals surface area contributed by atoms with Crippen LogP contribution in [0.15, 0.2) is 48.5 Å². The summed E-state index contributed by atoms with van der Waals surface area (Å²) in [6, 6.07) is 13.8. The summed E-state index contributed by atoms with van der Waals surface area (Å²) in [5.41, 5.74) is 3.07. The molecule has 0 atom stereocenters. The van der Waals surface area contributed by atoms with Crippen molar-refractivity contribution in [2.24, 2.45) is 0 Å². The van der Waals surface area contributed by atoms with E-state index in [0.29, 0.717) is 0 Å². The van der Waals surface area contributed by atoms with Crippen LogP contribution in [0.3, 0.4) is 0 Å². The molecule has 0 saturated heterocycles. The van der Waals surface area contributed by atoms with E-state index in [2.05, 4.69) is 4.74 Å². The van der Waals surface area contributed by atoms with E-state index in [9.17, 15) is 13.2 Å². The normalized spacial score (nSPS) is 11.4. The topological polar surface area (TPSA) is 9.23 Å². The van der Waals surface area contributed by atoms with Crippen molar-refractivity contribution in [3.63, 3.8) is 0 Å². The highest BCUT2D eigenvalue weighted by atomic mass is 19.4. The van der Waals surface area contributed by atoms with Gasteiger partial charge in [0.05, 0.1) is 0 Å². The molecule has 0 fully saturated rings. The molecule has 0 saturated carbocycles. The molecule has 0 aliphatic heterocycles. The van der Waals surface area contributed by atoms with Crippen LogP contribution in [0, 0.1) is 0 Å². The van der Waals surface area contributed by atoms with Crippen molar-refractivity contribution in [3.05, 3.63) is 54.1 Å². The number of aryl methyl sites for hydroxylation is 1. The molecule has 0 aromatic heterocycles. The second-order valence-electron chi connectivity index (χ2n) is 4.08. The van der Waals surface area contributed by atoms with Crippen molar-refractivity contribution in [1.82, 2.24) is 0 Å². The quantitative estimate of drug-likeness (QED) is 0.774. The lowest BCUT2D eigenvalue weighted by Gasteiger charge is -2.11. The van der Waals surface area contributed by atoms with Crippen molar-refractivity contribution < 1.29 is 17.9 Å². The van der Waals surface area contributed by atoms with Crippen molar-refractivity contribution in [1.29, 1.82) is 0 Å². The Labute approximate surface area is 109 Å². The Morgan fingerprint density at radius 2 is 1.58 bits per heavy atom. The molecule has 0 amide bonds. The lowest BCUT2D eigenvalue weighted by Crippen LogP contribution is -2.16. The maximum atomic E-state index is 12.1. The van der Waals surface area contributed by atoms with Gasteiger partial charge in [0.25, 0.3) is 0 Å². The smallest absolute Gasteiger partial charge is 0.406 e. The maximum Gasteiger partial charge on any atom is 0.573 e. The number of benzene rings is 2. The highest BCUT2D eigenvalue weighted by Crippen LogP contribution is 2.28. The zero-order valence-electron chi connectivity index (χ0n) is 10.4. The van der Waals surface area contributed by atoms with Gasteiger partial charge in [-0.05, 0) is 35.2 Å². The number of alkyl halides is 3. The first-order chi connectivity index (χ1) is 8.99. The zero-order chi connectivity index (χ0) is 13.9. The Balaban J connectivity index is 2.27. The number of halogens is 3. The molecule has 19 heavy (non-hydrogen) atoms. The highest BCUT2D eigenvalue weighted by Gasteiger charge is 2.30. The van der Waals surface area contributed by atoms with Gasteiger partial charge >= 0.3 is 6.36 Å². The van der Waals surface area contributed by atoms with Gasteiger partial charge in [-0.1, -0.05) is 43.3 Å². The zero-order valence-corrected chi connectivity index (χ0v) is 10.4. The lowest BCUT2D eigenvalue weighted by atomic mass is 9.98. The van der Waals surface area contributed by atoms with E-state index in [1.807, 2.05) is 31.2 Å². The van der Waals surface area contributed by atoms with Crippen LogP contribution < -0.4 is 4.74 Å². The van der Waals surface area contributed by atoms with Gasteiger partial charge in [-0.2, -0.15) is 0 Å². The van der Waals surface area contributed by atoms with Crippen LogP contribution in [0.4, 0.5) is 13.2 Å². The molecule has 2 aromatic carbocycles. The molecule has 0 radical (unpaired) electrons. The second-order valence-corrected chi connectivity index (χ2v) is 4.08. The molecule has 0 aliphatic rings. The Morgan fingerprint density at radius 3 is 2.16 bits per heavy atom. The SMILES string of the molecule is CCc1ccccc1-c1ccc(OC(F)(F)F)cc1. The predicted molar refractivity (Wildman–Crippen MR) is 67.9 cm³/mol. The first-order valence-corrected chi connectivity index (χ1v) is 5.93. The molecule has 2 aromatic rings. The van der Waals surface area contributed by atoms with Gasteiger partial charge in [0, 0.05) is 0 Å². The monoisotopic (exact) mass is 266 g/mol. The van der Waals surface area contributed by atoms with Gasteiger partial charge in [-0.15, -0.1) is 13.2 Å². The van der Waals surface area contributed by atoms with Crippen molar-refractivity contribution >= 4 is 0 Å². The second kappa shape index (κ2) is 5.34. The fraction of sp³-hybridized carbons (Fsp3) is 0.200. The van der Waals surface area contributed by atoms with Gasteiger partial charge in [0.2, 0.25) is 0 Å². The van der Waals surface area contributed by atoms with E-state index in [4.69, 9.17) is 0 Å². The number of rotatable bonds is 3. The minimum atomic E-state index is -4.65. The standard InChI is InChI=1S/C15H13F3O/c1-2-11-5-3-4-6-14(11)12-7-9-13(10-8-12)19-15(16,17)18/h3-10H,2H2,1H3. The number of ether oxygens (including phenoxy) is 1. The largest absolute Gasteiger partial charge is 0.573 e. The van der Waals surface area contributed by atoms with Gasteiger partial charge in [0.15, 0.2) is 0 Å². The van der Waals surface area contributed by atoms with E-state index in [1.165, 1.54) is 12.1 Å². The van der Waals surface area contributed by atoms with Crippen molar-refractivity contribution in [3.8, 4) is 16.9 Å². The van der Waals surface area contributed by atoms with E-state index < -0.39 is 6.36 Å². The molecule has 0 aliphatic carbocycles. The van der Waals surface area contributed by atoms with E-state index >= 15 is 0 Å². The molecule has 0 heterocycles. The minimum absolute atomic E-state index is 0.203. The van der Waals surface area contributed by atoms with Crippen LogP contribution in [0.5, 0.6) is 5.75 Å². The fourth-order valence-corrected chi connectivity index (χ4v) is 1.95. The lowest BCUT2D eigenvalue weighted by molar-refractivity contribution is -0.274. The third-order valence-corrected chi connectivity index (χ3v) is 2.80. The van der Waals surface area contributed by atoms with Gasteiger partial charge < -0.3 is 4.74 Å². The molecule has 4 heteroatoms. The first-order valence-electron chi connectivity index (χ1n) is 5.93. The minimum Gasteiger partial charge on any atom is -0.406 e. The summed E-state index contributed by atoms with van der Waals surface area (Å²) in [6.07, 6.45) is -3.78. The summed E-state index contributed by atoms with van der Waals surface area (Å²) in [5, 5.41) is 0. The first kappa shape index (κ1) is 13.5. The van der Waals surface area contributed by atoms with Gasteiger partial charge in [-0.25, -0.2) is 0 Å². The number of hydrogen-bond acceptors (Lipinski definition) is 1. The third-order valence-electron chi connectivity index (χ3n) is 2.80. The van der Waals surface area contributed by atoms with Gasteiger partial charge in [-0.3, -0.25) is 0 Å². The van der Waals surface area contributed by atoms with Crippen LogP contribution in [0.25, 0.3) is 11.1 Å². The maximum absolute atomic E-state index is 12.1. The Hall–Kier alpha value is -1.97. The summed E-state index contributed by atoms with van der Waals surface area (Å²) in [7, 11) is 0. The van der Waals surface area contributed by atoms with Crippen LogP contribution in [-0.4, -0.2) is 6.36 Å². The average molecular weight is 266 g/mol. The molecule has 2 rings (SSSR count). The molecular formula is C15H13F3O. The Bertz CT molecular complexity index is 544. The summed E-state index contributed by atoms with van der Waals surface area (Å²) in [4.78, 5) is 0. The van der Waals surface area contributed by atoms with Crippen molar-refractivity contribution in [2.75, 3.05) is 0 Å². The van der Waals surface area contributed by atoms with Crippen LogP contribution in [-0.2, 0) is 6.42 Å². The molecule has 0 N–H and O–H groups in total. The summed E-state index contributed by atoms with van der Waals surface area (Å²) in [5.74, 6) is -0.203. The fourth-order valence-electron chi connectivity index (χ4n) is 1.95. The Kier molecular flexibility index (Phi) is 3.79. The molecule has 100 valence electrons. The van der Waals surface area contributed by atoms with Crippen LogP contribution >= 0.6 is 0 Å². The van der Waals surface area contributed by atoms with E-state index in [-0.39, 0.29) is 5.75 Å².